The van der Waals surface area contributed by atoms with Crippen LogP contribution in [-0.4, -0.2) is 110 Å². The first-order valence-electron chi connectivity index (χ1n) is 22.2. The van der Waals surface area contributed by atoms with Crippen LogP contribution in [0.5, 0.6) is 23.0 Å². The molecule has 66 heavy (non-hydrogen) atoms. The number of piperidine rings is 2. The Bertz CT molecular complexity index is 2380. The Kier molecular flexibility index (Phi) is 20.1. The molecule has 2 fully saturated rings. The second-order valence-electron chi connectivity index (χ2n) is 15.6. The molecule has 0 unspecified atom stereocenters. The van der Waals surface area contributed by atoms with Gasteiger partial charge in [-0.05, 0) is 97.0 Å². The van der Waals surface area contributed by atoms with Gasteiger partial charge >= 0.3 is 5.97 Å². The van der Waals surface area contributed by atoms with Crippen molar-refractivity contribution in [3.8, 4) is 35.1 Å². The van der Waals surface area contributed by atoms with Crippen LogP contribution < -0.4 is 28.7 Å². The summed E-state index contributed by atoms with van der Waals surface area (Å²) in [6.45, 7) is 10.8. The average Bonchev–Trinajstić information content (AvgIpc) is 4.03. The van der Waals surface area contributed by atoms with Crippen molar-refractivity contribution in [2.75, 3.05) is 90.6 Å². The van der Waals surface area contributed by atoms with Crippen LogP contribution in [-0.2, 0) is 14.3 Å². The zero-order valence-corrected chi connectivity index (χ0v) is 41.2. The van der Waals surface area contributed by atoms with E-state index in [1.165, 1.54) is 0 Å². The monoisotopic (exact) mass is 956 g/mol. The highest BCUT2D eigenvalue weighted by atomic mass is 35.5. The number of allylic oxidation sites excluding steroid dienone is 2. The number of ether oxygens (including phenoxy) is 6. The molecule has 16 heteroatoms. The number of halogens is 1. The van der Waals surface area contributed by atoms with E-state index >= 15 is 0 Å². The van der Waals surface area contributed by atoms with Crippen molar-refractivity contribution in [2.45, 2.75) is 64.6 Å². The summed E-state index contributed by atoms with van der Waals surface area (Å²) in [6, 6.07) is 23.9. The summed E-state index contributed by atoms with van der Waals surface area (Å²) < 4.78 is 34.2. The molecular weight excluding hydrogens is 896 g/mol. The second-order valence-corrected chi connectivity index (χ2v) is 17.8. The fraction of sp³-hybridized carbons (Fsp3) is 0.440. The van der Waals surface area contributed by atoms with Crippen LogP contribution in [0.1, 0.15) is 73.3 Å². The Morgan fingerprint density at radius 2 is 1.14 bits per heavy atom. The van der Waals surface area contributed by atoms with Gasteiger partial charge in [-0.3, -0.25) is 9.79 Å². The van der Waals surface area contributed by atoms with E-state index < -0.39 is 0 Å². The van der Waals surface area contributed by atoms with Crippen molar-refractivity contribution in [3.05, 3.63) is 81.5 Å². The summed E-state index contributed by atoms with van der Waals surface area (Å²) in [6.07, 6.45) is 7.41. The molecule has 2 saturated heterocycles. The summed E-state index contributed by atoms with van der Waals surface area (Å²) in [5.74, 6) is 2.77. The lowest BCUT2D eigenvalue weighted by atomic mass is 10.1. The average molecular weight is 958 g/mol. The Balaban J connectivity index is 0.00000817. The van der Waals surface area contributed by atoms with E-state index in [1.54, 1.807) is 57.2 Å². The Morgan fingerprint density at radius 1 is 0.682 bits per heavy atom. The van der Waals surface area contributed by atoms with Crippen LogP contribution in [0.2, 0.25) is 0 Å². The zero-order chi connectivity index (χ0) is 46.1. The molecule has 6 rings (SSSR count). The molecule has 0 N–H and O–H groups in total. The highest BCUT2D eigenvalue weighted by molar-refractivity contribution is 7.17. The summed E-state index contributed by atoms with van der Waals surface area (Å²) in [5, 5.41) is 22.2. The fourth-order valence-electron chi connectivity index (χ4n) is 7.90. The maximum Gasteiger partial charge on any atom is 0.306 e. The largest absolute Gasteiger partial charge is 0.493 e. The third-order valence-electron chi connectivity index (χ3n) is 11.7. The van der Waals surface area contributed by atoms with Gasteiger partial charge in [0.15, 0.2) is 28.9 Å². The van der Waals surface area contributed by atoms with Crippen LogP contribution in [0.15, 0.2) is 65.7 Å². The van der Waals surface area contributed by atoms with Gasteiger partial charge < -0.3 is 43.1 Å². The number of anilines is 2. The van der Waals surface area contributed by atoms with Gasteiger partial charge in [-0.1, -0.05) is 13.8 Å². The SMILES string of the molecule is CCN(CC)CCN=C(CCC(=O)OC1CCN(c2ccc(C=C(C#N)c3ccc(OC)c(OC)c3)s2)CC1)OC1CCN(c2ccc(C=C(C#N)c3ccc(OC)c(OC)c3)s2)CC1.Cl. The van der Waals surface area contributed by atoms with Crippen LogP contribution in [0.3, 0.4) is 0 Å². The second kappa shape index (κ2) is 25.8. The quantitative estimate of drug-likeness (QED) is 0.0360. The first-order valence-corrected chi connectivity index (χ1v) is 23.8. The molecule has 2 aliphatic rings. The van der Waals surface area contributed by atoms with Gasteiger partial charge in [0.1, 0.15) is 12.2 Å². The highest BCUT2D eigenvalue weighted by Crippen LogP contribution is 2.36. The minimum atomic E-state index is -0.228. The van der Waals surface area contributed by atoms with Gasteiger partial charge in [0.25, 0.3) is 0 Å². The highest BCUT2D eigenvalue weighted by Gasteiger charge is 2.26. The Hall–Kier alpha value is -5.71. The number of rotatable bonds is 20. The number of carbonyl (C=O) groups is 1. The van der Waals surface area contributed by atoms with Crippen molar-refractivity contribution in [2.24, 2.45) is 4.99 Å². The minimum absolute atomic E-state index is 0. The number of aliphatic imine (C=N–C) groups is 1. The summed E-state index contributed by atoms with van der Waals surface area (Å²) in [7, 11) is 6.34. The maximum atomic E-state index is 13.2. The minimum Gasteiger partial charge on any atom is -0.493 e. The van der Waals surface area contributed by atoms with E-state index in [0.717, 1.165) is 102 Å². The van der Waals surface area contributed by atoms with Crippen molar-refractivity contribution < 1.29 is 33.2 Å². The number of methoxy groups -OCH3 is 4. The number of nitrogens with zero attached hydrogens (tertiary/aromatic N) is 6. The first kappa shape index (κ1) is 51.3. The predicted molar refractivity (Wildman–Crippen MR) is 269 cm³/mol. The summed E-state index contributed by atoms with van der Waals surface area (Å²) in [4.78, 5) is 27.1. The van der Waals surface area contributed by atoms with Crippen LogP contribution >= 0.6 is 35.1 Å². The molecule has 352 valence electrons. The number of hydrogen-bond acceptors (Lipinski definition) is 15. The number of likely N-dealkylation sites (N-methyl/N-ethyl adjacent to an activating group) is 1. The number of benzene rings is 2. The topological polar surface area (TPSA) is 142 Å². The normalized spacial score (nSPS) is 15.1. The molecule has 2 aromatic heterocycles. The van der Waals surface area contributed by atoms with E-state index in [9.17, 15) is 15.3 Å². The number of nitriles is 2. The first-order chi connectivity index (χ1) is 31.7. The predicted octanol–water partition coefficient (Wildman–Crippen LogP) is 10.1. The molecule has 4 aromatic rings. The molecule has 0 radical (unpaired) electrons. The summed E-state index contributed by atoms with van der Waals surface area (Å²) in [5.41, 5.74) is 2.61. The van der Waals surface area contributed by atoms with Crippen LogP contribution in [0.25, 0.3) is 23.3 Å². The molecule has 2 aliphatic heterocycles. The maximum absolute atomic E-state index is 13.2. The standard InChI is InChI=1S/C50H60N6O7S2.ClH/c1-7-54(8-2)28-23-53-47(62-39-19-24-55(25-20-39)48-16-11-41(64-48)29-37(33-51)35-9-13-43(58-3)45(31-35)60-5)15-18-50(57)63-40-21-26-56(27-22-40)49-17-12-42(65-49)30-38(34-52)36-10-14-44(59-4)46(32-36)61-6;/h9-14,16-17,29-32,39-40H,7-8,15,18-28H2,1-6H3;1H. The number of hydrogen-bond donors (Lipinski definition) is 0. The fourth-order valence-corrected chi connectivity index (χ4v) is 9.90. The van der Waals surface area contributed by atoms with E-state index in [2.05, 4.69) is 58.9 Å². The van der Waals surface area contributed by atoms with Crippen LogP contribution in [0, 0.1) is 22.7 Å². The van der Waals surface area contributed by atoms with Crippen molar-refractivity contribution in [3.63, 3.8) is 0 Å². The van der Waals surface area contributed by atoms with Crippen molar-refractivity contribution >= 4 is 80.2 Å². The third kappa shape index (κ3) is 13.9. The third-order valence-corrected chi connectivity index (χ3v) is 13.9. The summed E-state index contributed by atoms with van der Waals surface area (Å²) >= 11 is 3.29. The lowest BCUT2D eigenvalue weighted by molar-refractivity contribution is -0.149. The lowest BCUT2D eigenvalue weighted by Crippen LogP contribution is -2.38. The number of esters is 1. The van der Waals surface area contributed by atoms with Crippen molar-refractivity contribution in [1.82, 2.24) is 4.90 Å². The van der Waals surface area contributed by atoms with Crippen LogP contribution in [0.4, 0.5) is 10.0 Å². The van der Waals surface area contributed by atoms with Gasteiger partial charge in [0, 0.05) is 74.6 Å². The zero-order valence-electron chi connectivity index (χ0n) is 38.7. The molecule has 0 saturated carbocycles. The van der Waals surface area contributed by atoms with E-state index in [1.807, 2.05) is 48.6 Å². The number of thiophene rings is 2. The Morgan fingerprint density at radius 3 is 1.56 bits per heavy atom. The van der Waals surface area contributed by atoms with Gasteiger partial charge in [-0.2, -0.15) is 10.5 Å². The van der Waals surface area contributed by atoms with Crippen molar-refractivity contribution in [1.29, 1.82) is 10.5 Å². The molecule has 0 atom stereocenters. The van der Waals surface area contributed by atoms with Gasteiger partial charge in [0.2, 0.25) is 0 Å². The van der Waals surface area contributed by atoms with E-state index in [4.69, 9.17) is 33.4 Å². The van der Waals surface area contributed by atoms with Gasteiger partial charge in [0.05, 0.1) is 74.7 Å². The lowest BCUT2D eigenvalue weighted by Gasteiger charge is -2.33. The van der Waals surface area contributed by atoms with Gasteiger partial charge in [-0.25, -0.2) is 0 Å². The van der Waals surface area contributed by atoms with E-state index in [0.29, 0.717) is 53.0 Å². The number of carbonyl (C=O) groups excluding carboxylic acids is 1. The molecule has 0 bridgehead atoms. The molecule has 0 amide bonds. The van der Waals surface area contributed by atoms with Gasteiger partial charge in [-0.15, -0.1) is 35.1 Å². The smallest absolute Gasteiger partial charge is 0.306 e. The molecule has 2 aromatic carbocycles. The Labute approximate surface area is 403 Å². The molecule has 4 heterocycles. The molecule has 13 nitrogen and oxygen atoms in total. The molecule has 0 aliphatic carbocycles. The van der Waals surface area contributed by atoms with E-state index in [-0.39, 0.29) is 37.0 Å². The molecular formula is C50H61ClN6O7S2. The molecule has 0 spiro atoms.